The number of para-hydroxylation sites is 1. The number of piperidine rings is 1. The van der Waals surface area contributed by atoms with E-state index in [0.29, 0.717) is 11.5 Å². The molecule has 1 aliphatic heterocycles. The molecule has 174 valence electrons. The molecular weight excluding hydrogens is 426 g/mol. The van der Waals surface area contributed by atoms with E-state index in [9.17, 15) is 4.79 Å². The first-order valence-corrected chi connectivity index (χ1v) is 11.7. The van der Waals surface area contributed by atoms with E-state index >= 15 is 0 Å². The lowest BCUT2D eigenvalue weighted by Crippen LogP contribution is -2.38. The Hall–Kier alpha value is -3.87. The van der Waals surface area contributed by atoms with Crippen molar-refractivity contribution in [3.8, 4) is 11.4 Å². The Labute approximate surface area is 199 Å². The highest BCUT2D eigenvalue weighted by Crippen LogP contribution is 2.29. The number of aromatic nitrogens is 4. The maximum atomic E-state index is 13.3. The molecule has 1 aliphatic rings. The standard InChI is InChI=1S/C27H29N5O2/c1-20-25(18-29-32(20)23-6-4-3-5-7-23)27(33)30-15-12-22(13-16-30)26-28-14-17-31(26)19-21-8-10-24(34-2)11-9-21/h3-11,14,17-18,22H,12-13,15-16,19H2,1-2H3. The zero-order valence-corrected chi connectivity index (χ0v) is 19.6. The van der Waals surface area contributed by atoms with Crippen molar-refractivity contribution in [2.75, 3.05) is 20.2 Å². The molecule has 0 unspecified atom stereocenters. The molecule has 1 fully saturated rings. The second kappa shape index (κ2) is 9.55. The number of hydrogen-bond acceptors (Lipinski definition) is 4. The van der Waals surface area contributed by atoms with Crippen LogP contribution < -0.4 is 4.74 Å². The van der Waals surface area contributed by atoms with Crippen molar-refractivity contribution in [2.24, 2.45) is 0 Å². The van der Waals surface area contributed by atoms with Crippen molar-refractivity contribution in [1.82, 2.24) is 24.2 Å². The highest BCUT2D eigenvalue weighted by atomic mass is 16.5. The number of methoxy groups -OCH3 is 1. The maximum Gasteiger partial charge on any atom is 0.257 e. The van der Waals surface area contributed by atoms with Crippen LogP contribution in [-0.4, -0.2) is 50.3 Å². The number of imidazole rings is 1. The first-order valence-electron chi connectivity index (χ1n) is 11.7. The van der Waals surface area contributed by atoms with Crippen molar-refractivity contribution < 1.29 is 9.53 Å². The molecule has 0 saturated carbocycles. The van der Waals surface area contributed by atoms with Gasteiger partial charge in [0.15, 0.2) is 0 Å². The van der Waals surface area contributed by atoms with Gasteiger partial charge in [-0.1, -0.05) is 30.3 Å². The Bertz CT molecular complexity index is 1250. The van der Waals surface area contributed by atoms with E-state index in [4.69, 9.17) is 4.74 Å². The van der Waals surface area contributed by atoms with Gasteiger partial charge in [0.2, 0.25) is 0 Å². The Morgan fingerprint density at radius 3 is 2.50 bits per heavy atom. The van der Waals surface area contributed by atoms with Crippen LogP contribution in [0, 0.1) is 6.92 Å². The van der Waals surface area contributed by atoms with Crippen LogP contribution in [0.2, 0.25) is 0 Å². The number of ether oxygens (including phenoxy) is 1. The Morgan fingerprint density at radius 2 is 1.79 bits per heavy atom. The largest absolute Gasteiger partial charge is 0.497 e. The molecule has 7 heteroatoms. The van der Waals surface area contributed by atoms with Crippen molar-refractivity contribution in [3.05, 3.63) is 95.8 Å². The molecule has 0 radical (unpaired) electrons. The molecule has 1 saturated heterocycles. The molecule has 7 nitrogen and oxygen atoms in total. The molecular formula is C27H29N5O2. The number of likely N-dealkylation sites (tertiary alicyclic amines) is 1. The van der Waals surface area contributed by atoms with E-state index in [1.165, 1.54) is 5.56 Å². The predicted molar refractivity (Wildman–Crippen MR) is 131 cm³/mol. The summed E-state index contributed by atoms with van der Waals surface area (Å²) in [5.74, 6) is 2.34. The topological polar surface area (TPSA) is 65.2 Å². The lowest BCUT2D eigenvalue weighted by Gasteiger charge is -2.32. The fraction of sp³-hybridized carbons (Fsp3) is 0.296. The molecule has 0 spiro atoms. The highest BCUT2D eigenvalue weighted by Gasteiger charge is 2.28. The third-order valence-corrected chi connectivity index (χ3v) is 6.65. The fourth-order valence-electron chi connectivity index (χ4n) is 4.70. The molecule has 0 atom stereocenters. The average molecular weight is 456 g/mol. The number of hydrogen-bond donors (Lipinski definition) is 0. The molecule has 3 heterocycles. The molecule has 0 aliphatic carbocycles. The molecule has 0 bridgehead atoms. The summed E-state index contributed by atoms with van der Waals surface area (Å²) in [5, 5.41) is 4.47. The molecule has 4 aromatic rings. The number of benzene rings is 2. The van der Waals surface area contributed by atoms with E-state index in [1.54, 1.807) is 13.3 Å². The number of rotatable bonds is 6. The normalized spacial score (nSPS) is 14.4. The molecule has 2 aromatic carbocycles. The number of carbonyl (C=O) groups excluding carboxylic acids is 1. The van der Waals surface area contributed by atoms with Gasteiger partial charge in [-0.15, -0.1) is 0 Å². The van der Waals surface area contributed by atoms with Crippen LogP contribution in [0.3, 0.4) is 0 Å². The Kier molecular flexibility index (Phi) is 6.16. The van der Waals surface area contributed by atoms with Crippen LogP contribution >= 0.6 is 0 Å². The van der Waals surface area contributed by atoms with Crippen molar-refractivity contribution in [2.45, 2.75) is 32.2 Å². The van der Waals surface area contributed by atoms with Gasteiger partial charge in [0.1, 0.15) is 11.6 Å². The number of carbonyl (C=O) groups is 1. The monoisotopic (exact) mass is 455 g/mol. The Balaban J connectivity index is 1.24. The zero-order chi connectivity index (χ0) is 23.5. The summed E-state index contributed by atoms with van der Waals surface area (Å²) in [6.07, 6.45) is 7.41. The summed E-state index contributed by atoms with van der Waals surface area (Å²) in [7, 11) is 1.68. The lowest BCUT2D eigenvalue weighted by atomic mass is 9.95. The molecule has 0 N–H and O–H groups in total. The smallest absolute Gasteiger partial charge is 0.257 e. The van der Waals surface area contributed by atoms with Gasteiger partial charge in [0.25, 0.3) is 5.91 Å². The highest BCUT2D eigenvalue weighted by molar-refractivity contribution is 5.95. The Morgan fingerprint density at radius 1 is 1.06 bits per heavy atom. The summed E-state index contributed by atoms with van der Waals surface area (Å²) in [6.45, 7) is 4.16. The number of nitrogens with zero attached hydrogens (tertiary/aromatic N) is 5. The first kappa shape index (κ1) is 21.9. The molecule has 34 heavy (non-hydrogen) atoms. The van der Waals surface area contributed by atoms with Gasteiger partial charge in [-0.3, -0.25) is 4.79 Å². The van der Waals surface area contributed by atoms with Gasteiger partial charge < -0.3 is 14.2 Å². The van der Waals surface area contributed by atoms with Gasteiger partial charge in [0, 0.05) is 37.9 Å². The number of amides is 1. The summed E-state index contributed by atoms with van der Waals surface area (Å²) in [4.78, 5) is 19.9. The first-order chi connectivity index (χ1) is 16.6. The van der Waals surface area contributed by atoms with Crippen molar-refractivity contribution in [1.29, 1.82) is 0 Å². The van der Waals surface area contributed by atoms with E-state index in [2.05, 4.69) is 26.8 Å². The van der Waals surface area contributed by atoms with Crippen LogP contribution in [0.1, 0.15) is 46.2 Å². The summed E-state index contributed by atoms with van der Waals surface area (Å²) in [6, 6.07) is 18.0. The van der Waals surface area contributed by atoms with Gasteiger partial charge in [-0.05, 0) is 49.6 Å². The summed E-state index contributed by atoms with van der Waals surface area (Å²) < 4.78 is 9.31. The molecule has 2 aromatic heterocycles. The minimum absolute atomic E-state index is 0.0553. The quantitative estimate of drug-likeness (QED) is 0.431. The minimum Gasteiger partial charge on any atom is -0.497 e. The third-order valence-electron chi connectivity index (χ3n) is 6.65. The zero-order valence-electron chi connectivity index (χ0n) is 19.6. The van der Waals surface area contributed by atoms with Crippen LogP contribution in [0.5, 0.6) is 5.75 Å². The molecule has 1 amide bonds. The summed E-state index contributed by atoms with van der Waals surface area (Å²) >= 11 is 0. The van der Waals surface area contributed by atoms with E-state index in [-0.39, 0.29) is 5.91 Å². The van der Waals surface area contributed by atoms with E-state index < -0.39 is 0 Å². The summed E-state index contributed by atoms with van der Waals surface area (Å²) in [5.41, 5.74) is 3.71. The average Bonchev–Trinajstić information content (AvgIpc) is 3.51. The second-order valence-electron chi connectivity index (χ2n) is 8.72. The van der Waals surface area contributed by atoms with Crippen LogP contribution in [0.25, 0.3) is 5.69 Å². The molecule has 5 rings (SSSR count). The van der Waals surface area contributed by atoms with E-state index in [1.807, 2.05) is 71.4 Å². The maximum absolute atomic E-state index is 13.3. The van der Waals surface area contributed by atoms with Gasteiger partial charge in [-0.25, -0.2) is 9.67 Å². The van der Waals surface area contributed by atoms with E-state index in [0.717, 1.165) is 55.4 Å². The van der Waals surface area contributed by atoms with Crippen LogP contribution in [0.4, 0.5) is 0 Å². The lowest BCUT2D eigenvalue weighted by molar-refractivity contribution is 0.0709. The SMILES string of the molecule is COc1ccc(Cn2ccnc2C2CCN(C(=O)c3cnn(-c4ccccc4)c3C)CC2)cc1. The van der Waals surface area contributed by atoms with Gasteiger partial charge in [0.05, 0.1) is 30.3 Å². The predicted octanol–water partition coefficient (Wildman–Crippen LogP) is 4.45. The van der Waals surface area contributed by atoms with Crippen LogP contribution in [-0.2, 0) is 6.54 Å². The fourth-order valence-corrected chi connectivity index (χ4v) is 4.70. The van der Waals surface area contributed by atoms with Crippen molar-refractivity contribution >= 4 is 5.91 Å². The van der Waals surface area contributed by atoms with Gasteiger partial charge in [-0.2, -0.15) is 5.10 Å². The third kappa shape index (κ3) is 4.33. The second-order valence-corrected chi connectivity index (χ2v) is 8.72. The van der Waals surface area contributed by atoms with Gasteiger partial charge >= 0.3 is 0 Å². The van der Waals surface area contributed by atoms with Crippen LogP contribution in [0.15, 0.2) is 73.2 Å². The minimum atomic E-state index is 0.0553. The van der Waals surface area contributed by atoms with Crippen molar-refractivity contribution in [3.63, 3.8) is 0 Å².